The summed E-state index contributed by atoms with van der Waals surface area (Å²) in [6.07, 6.45) is 0. The number of aromatic nitrogens is 1. The number of carbonyl (C=O) groups is 2. The lowest BCUT2D eigenvalue weighted by Crippen LogP contribution is -2.43. The molecule has 1 aromatic heterocycles. The van der Waals surface area contributed by atoms with Gasteiger partial charge in [0.25, 0.3) is 5.91 Å². The van der Waals surface area contributed by atoms with Crippen LogP contribution in [0.25, 0.3) is 10.9 Å². The van der Waals surface area contributed by atoms with E-state index >= 15 is 0 Å². The quantitative estimate of drug-likeness (QED) is 0.667. The van der Waals surface area contributed by atoms with E-state index in [0.717, 1.165) is 48.2 Å². The van der Waals surface area contributed by atoms with E-state index in [1.807, 2.05) is 18.2 Å². The number of amides is 2. The van der Waals surface area contributed by atoms with Crippen LogP contribution in [-0.4, -0.2) is 67.6 Å². The number of carbonyl (C=O) groups excluding carboxylic acids is 2. The van der Waals surface area contributed by atoms with Crippen LogP contribution in [0.15, 0.2) is 28.7 Å². The molecule has 0 aliphatic carbocycles. The van der Waals surface area contributed by atoms with Gasteiger partial charge < -0.3 is 20.4 Å². The second-order valence-corrected chi connectivity index (χ2v) is 6.82. The number of hydrogen-bond donors (Lipinski definition) is 3. The number of rotatable bonds is 6. The molecule has 0 spiro atoms. The molecule has 1 aliphatic heterocycles. The van der Waals surface area contributed by atoms with Crippen molar-refractivity contribution in [2.45, 2.75) is 0 Å². The van der Waals surface area contributed by atoms with Crippen LogP contribution in [0.1, 0.15) is 10.5 Å². The maximum atomic E-state index is 12.2. The highest BCUT2D eigenvalue weighted by Crippen LogP contribution is 2.20. The summed E-state index contributed by atoms with van der Waals surface area (Å²) in [6.45, 7) is 4.58. The van der Waals surface area contributed by atoms with Crippen LogP contribution in [0.2, 0.25) is 0 Å². The van der Waals surface area contributed by atoms with Gasteiger partial charge in [0.15, 0.2) is 0 Å². The number of halogens is 1. The molecular formula is C17H21BrN4O3. The van der Waals surface area contributed by atoms with E-state index in [2.05, 4.69) is 36.4 Å². The smallest absolute Gasteiger partial charge is 0.268 e. The molecule has 25 heavy (non-hydrogen) atoms. The van der Waals surface area contributed by atoms with Crippen LogP contribution in [0.3, 0.4) is 0 Å². The Morgan fingerprint density at radius 1 is 1.20 bits per heavy atom. The van der Waals surface area contributed by atoms with Gasteiger partial charge >= 0.3 is 0 Å². The van der Waals surface area contributed by atoms with Crippen molar-refractivity contribution in [2.24, 2.45) is 0 Å². The van der Waals surface area contributed by atoms with Crippen molar-refractivity contribution in [2.75, 3.05) is 45.9 Å². The molecule has 3 rings (SSSR count). The first-order valence-corrected chi connectivity index (χ1v) is 9.04. The number of nitrogens with zero attached hydrogens (tertiary/aromatic N) is 1. The lowest BCUT2D eigenvalue weighted by Gasteiger charge is -2.26. The van der Waals surface area contributed by atoms with Crippen molar-refractivity contribution in [1.29, 1.82) is 0 Å². The van der Waals surface area contributed by atoms with Gasteiger partial charge in [0, 0.05) is 41.6 Å². The van der Waals surface area contributed by atoms with Crippen LogP contribution < -0.4 is 10.6 Å². The van der Waals surface area contributed by atoms with Gasteiger partial charge in [0.05, 0.1) is 19.8 Å². The molecule has 134 valence electrons. The van der Waals surface area contributed by atoms with E-state index < -0.39 is 0 Å². The molecule has 1 aliphatic rings. The molecule has 0 radical (unpaired) electrons. The normalized spacial score (nSPS) is 15.2. The van der Waals surface area contributed by atoms with Crippen molar-refractivity contribution < 1.29 is 14.3 Å². The van der Waals surface area contributed by atoms with E-state index in [1.165, 1.54) is 0 Å². The Balaban J connectivity index is 1.42. The lowest BCUT2D eigenvalue weighted by atomic mass is 10.2. The van der Waals surface area contributed by atoms with Crippen molar-refractivity contribution in [3.05, 3.63) is 34.4 Å². The molecule has 7 nitrogen and oxygen atoms in total. The highest BCUT2D eigenvalue weighted by atomic mass is 79.9. The van der Waals surface area contributed by atoms with Gasteiger partial charge in [-0.1, -0.05) is 22.0 Å². The molecule has 1 fully saturated rings. The summed E-state index contributed by atoms with van der Waals surface area (Å²) in [5.41, 5.74) is 1.31. The maximum absolute atomic E-state index is 12.2. The second-order valence-electron chi connectivity index (χ2n) is 5.90. The van der Waals surface area contributed by atoms with Gasteiger partial charge in [-0.2, -0.15) is 0 Å². The minimum absolute atomic E-state index is 0.0407. The summed E-state index contributed by atoms with van der Waals surface area (Å²) in [5, 5.41) is 6.40. The fraction of sp³-hybridized carbons (Fsp3) is 0.412. The largest absolute Gasteiger partial charge is 0.379 e. The van der Waals surface area contributed by atoms with E-state index in [-0.39, 0.29) is 18.4 Å². The molecule has 3 N–H and O–H groups in total. The molecule has 1 saturated heterocycles. The molecule has 0 saturated carbocycles. The highest BCUT2D eigenvalue weighted by molar-refractivity contribution is 9.10. The third-order valence-electron chi connectivity index (χ3n) is 4.09. The highest BCUT2D eigenvalue weighted by Gasteiger charge is 2.12. The van der Waals surface area contributed by atoms with Crippen molar-refractivity contribution >= 4 is 38.6 Å². The van der Waals surface area contributed by atoms with Crippen molar-refractivity contribution in [3.8, 4) is 0 Å². The molecule has 2 amide bonds. The van der Waals surface area contributed by atoms with Crippen molar-refractivity contribution in [3.63, 3.8) is 0 Å². The van der Waals surface area contributed by atoms with Crippen LogP contribution in [0, 0.1) is 0 Å². The fourth-order valence-corrected chi connectivity index (χ4v) is 3.08. The maximum Gasteiger partial charge on any atom is 0.268 e. The summed E-state index contributed by atoms with van der Waals surface area (Å²) < 4.78 is 6.22. The Morgan fingerprint density at radius 2 is 2.00 bits per heavy atom. The second kappa shape index (κ2) is 8.46. The molecule has 2 aromatic rings. The SMILES string of the molecule is O=C(CNC(=O)c1cc2ccc(Br)cc2[nH]1)NCCN1CCOCC1. The zero-order chi connectivity index (χ0) is 17.6. The zero-order valence-corrected chi connectivity index (χ0v) is 15.4. The van der Waals surface area contributed by atoms with Gasteiger partial charge in [-0.05, 0) is 18.2 Å². The molecule has 0 atom stereocenters. The summed E-state index contributed by atoms with van der Waals surface area (Å²) in [7, 11) is 0. The third-order valence-corrected chi connectivity index (χ3v) is 4.59. The van der Waals surface area contributed by atoms with Gasteiger partial charge in [-0.25, -0.2) is 0 Å². The zero-order valence-electron chi connectivity index (χ0n) is 13.8. The summed E-state index contributed by atoms with van der Waals surface area (Å²) in [4.78, 5) is 29.3. The fourth-order valence-electron chi connectivity index (χ4n) is 2.72. The average molecular weight is 409 g/mol. The number of morpholine rings is 1. The first kappa shape index (κ1) is 17.9. The predicted octanol–water partition coefficient (Wildman–Crippen LogP) is 1.11. The molecule has 1 aromatic carbocycles. The van der Waals surface area contributed by atoms with Crippen LogP contribution in [0.4, 0.5) is 0 Å². The number of aromatic amines is 1. The van der Waals surface area contributed by atoms with Gasteiger partial charge in [-0.3, -0.25) is 14.5 Å². The molecule has 0 unspecified atom stereocenters. The minimum Gasteiger partial charge on any atom is -0.379 e. The predicted molar refractivity (Wildman–Crippen MR) is 98.6 cm³/mol. The molecule has 0 bridgehead atoms. The number of ether oxygens (including phenoxy) is 1. The summed E-state index contributed by atoms with van der Waals surface area (Å²) in [6, 6.07) is 7.52. The monoisotopic (exact) mass is 408 g/mol. The molecule has 8 heteroatoms. The summed E-state index contributed by atoms with van der Waals surface area (Å²) in [5.74, 6) is -0.490. The summed E-state index contributed by atoms with van der Waals surface area (Å²) >= 11 is 3.40. The first-order chi connectivity index (χ1) is 12.1. The Morgan fingerprint density at radius 3 is 2.80 bits per heavy atom. The van der Waals surface area contributed by atoms with Gasteiger partial charge in [0.2, 0.25) is 5.91 Å². The van der Waals surface area contributed by atoms with E-state index in [1.54, 1.807) is 6.07 Å². The Labute approximate surface area is 154 Å². The molecular weight excluding hydrogens is 388 g/mol. The van der Waals surface area contributed by atoms with E-state index in [0.29, 0.717) is 12.2 Å². The van der Waals surface area contributed by atoms with Crippen LogP contribution >= 0.6 is 15.9 Å². The van der Waals surface area contributed by atoms with E-state index in [4.69, 9.17) is 4.74 Å². The first-order valence-electron chi connectivity index (χ1n) is 8.25. The third kappa shape index (κ3) is 5.04. The average Bonchev–Trinajstić information content (AvgIpc) is 3.04. The van der Waals surface area contributed by atoms with Gasteiger partial charge in [-0.15, -0.1) is 0 Å². The number of fused-ring (bicyclic) bond motifs is 1. The Hall–Kier alpha value is -1.90. The van der Waals surface area contributed by atoms with Crippen molar-refractivity contribution in [1.82, 2.24) is 20.5 Å². The number of nitrogens with one attached hydrogen (secondary N) is 3. The molecule has 2 heterocycles. The van der Waals surface area contributed by atoms with Crippen LogP contribution in [0.5, 0.6) is 0 Å². The minimum atomic E-state index is -0.296. The Kier molecular flexibility index (Phi) is 6.06. The van der Waals surface area contributed by atoms with E-state index in [9.17, 15) is 9.59 Å². The standard InChI is InChI=1S/C17H21BrN4O3/c18-13-2-1-12-9-15(21-14(12)10-13)17(24)20-11-16(23)19-3-4-22-5-7-25-8-6-22/h1-2,9-10,21H,3-8,11H2,(H,19,23)(H,20,24). The van der Waals surface area contributed by atoms with Gasteiger partial charge in [0.1, 0.15) is 5.69 Å². The number of H-pyrrole nitrogens is 1. The Bertz CT molecular complexity index is 755. The van der Waals surface area contributed by atoms with Crippen LogP contribution in [-0.2, 0) is 9.53 Å². The lowest BCUT2D eigenvalue weighted by molar-refractivity contribution is -0.120. The number of hydrogen-bond acceptors (Lipinski definition) is 4. The number of benzene rings is 1. The topological polar surface area (TPSA) is 86.5 Å².